The van der Waals surface area contributed by atoms with E-state index in [2.05, 4.69) is 15.2 Å². The molecule has 0 saturated carbocycles. The topological polar surface area (TPSA) is 74.5 Å². The zero-order valence-corrected chi connectivity index (χ0v) is 9.94. The molecular formula is C9H13ClN6. The summed E-state index contributed by atoms with van der Waals surface area (Å²) >= 11 is 6.21. The lowest BCUT2D eigenvalue weighted by atomic mass is 10.3. The number of aromatic nitrogens is 5. The van der Waals surface area contributed by atoms with Gasteiger partial charge in [0.1, 0.15) is 6.33 Å². The molecule has 0 spiro atoms. The van der Waals surface area contributed by atoms with Crippen molar-refractivity contribution in [3.8, 4) is 0 Å². The van der Waals surface area contributed by atoms with Crippen LogP contribution in [0.2, 0.25) is 5.02 Å². The fourth-order valence-electron chi connectivity index (χ4n) is 1.53. The van der Waals surface area contributed by atoms with Crippen molar-refractivity contribution in [2.24, 2.45) is 7.05 Å². The smallest absolute Gasteiger partial charge is 0.239 e. The Morgan fingerprint density at radius 2 is 2.19 bits per heavy atom. The van der Waals surface area contributed by atoms with E-state index in [1.165, 1.54) is 0 Å². The van der Waals surface area contributed by atoms with E-state index in [-0.39, 0.29) is 5.95 Å². The highest BCUT2D eigenvalue weighted by molar-refractivity contribution is 6.31. The molecule has 0 bridgehead atoms. The molecule has 7 heteroatoms. The Balaban J connectivity index is 2.30. The van der Waals surface area contributed by atoms with Gasteiger partial charge in [-0.2, -0.15) is 5.10 Å². The second-order valence-electron chi connectivity index (χ2n) is 3.48. The summed E-state index contributed by atoms with van der Waals surface area (Å²) in [5, 5.41) is 9.02. The van der Waals surface area contributed by atoms with Gasteiger partial charge in [0, 0.05) is 7.05 Å². The minimum absolute atomic E-state index is 0.258. The summed E-state index contributed by atoms with van der Waals surface area (Å²) < 4.78 is 3.40. The summed E-state index contributed by atoms with van der Waals surface area (Å²) in [6.45, 7) is 2.54. The molecule has 0 aliphatic heterocycles. The van der Waals surface area contributed by atoms with Crippen LogP contribution in [0, 0.1) is 0 Å². The lowest BCUT2D eigenvalue weighted by molar-refractivity contribution is 0.618. The molecular weight excluding hydrogens is 228 g/mol. The van der Waals surface area contributed by atoms with Gasteiger partial charge in [-0.25, -0.2) is 9.67 Å². The normalized spacial score (nSPS) is 10.9. The van der Waals surface area contributed by atoms with Crippen LogP contribution >= 0.6 is 11.6 Å². The average molecular weight is 241 g/mol. The van der Waals surface area contributed by atoms with Gasteiger partial charge in [0.2, 0.25) is 5.95 Å². The summed E-state index contributed by atoms with van der Waals surface area (Å²) in [6, 6.07) is 0. The van der Waals surface area contributed by atoms with Gasteiger partial charge in [-0.3, -0.25) is 4.68 Å². The third-order valence-electron chi connectivity index (χ3n) is 2.37. The van der Waals surface area contributed by atoms with Gasteiger partial charge in [0.05, 0.1) is 23.0 Å². The van der Waals surface area contributed by atoms with Crippen LogP contribution in [0.3, 0.4) is 0 Å². The molecule has 0 aliphatic rings. The van der Waals surface area contributed by atoms with E-state index in [1.807, 2.05) is 14.0 Å². The van der Waals surface area contributed by atoms with Gasteiger partial charge in [-0.15, -0.1) is 5.10 Å². The van der Waals surface area contributed by atoms with E-state index < -0.39 is 0 Å². The molecule has 2 rings (SSSR count). The molecule has 0 aliphatic carbocycles. The Bertz CT molecular complexity index is 500. The summed E-state index contributed by atoms with van der Waals surface area (Å²) in [4.78, 5) is 3.86. The molecule has 0 aromatic carbocycles. The number of anilines is 1. The Morgan fingerprint density at radius 3 is 2.69 bits per heavy atom. The number of nitrogen functional groups attached to an aromatic ring is 1. The van der Waals surface area contributed by atoms with E-state index in [1.54, 1.807) is 15.7 Å². The maximum Gasteiger partial charge on any atom is 0.239 e. The largest absolute Gasteiger partial charge is 0.367 e. The zero-order chi connectivity index (χ0) is 11.7. The molecule has 2 aromatic heterocycles. The third kappa shape index (κ3) is 1.88. The Labute approximate surface area is 98.0 Å². The van der Waals surface area contributed by atoms with Crippen molar-refractivity contribution in [3.63, 3.8) is 0 Å². The van der Waals surface area contributed by atoms with Gasteiger partial charge < -0.3 is 5.73 Å². The number of halogens is 1. The van der Waals surface area contributed by atoms with Crippen molar-refractivity contribution in [3.05, 3.63) is 22.7 Å². The first-order valence-electron chi connectivity index (χ1n) is 4.97. The number of nitrogens with zero attached hydrogens (tertiary/aromatic N) is 5. The van der Waals surface area contributed by atoms with Crippen LogP contribution < -0.4 is 5.73 Å². The number of rotatable bonds is 3. The van der Waals surface area contributed by atoms with E-state index in [0.717, 1.165) is 17.8 Å². The molecule has 2 N–H and O–H groups in total. The van der Waals surface area contributed by atoms with Gasteiger partial charge in [0.25, 0.3) is 0 Å². The van der Waals surface area contributed by atoms with E-state index in [4.69, 9.17) is 17.3 Å². The van der Waals surface area contributed by atoms with Crippen LogP contribution in [0.4, 0.5) is 5.95 Å². The van der Waals surface area contributed by atoms with Gasteiger partial charge in [-0.1, -0.05) is 18.5 Å². The van der Waals surface area contributed by atoms with Crippen molar-refractivity contribution in [2.75, 3.05) is 5.73 Å². The maximum absolute atomic E-state index is 6.21. The van der Waals surface area contributed by atoms with Crippen LogP contribution in [0.1, 0.15) is 18.3 Å². The summed E-state index contributed by atoms with van der Waals surface area (Å²) in [6.07, 6.45) is 2.39. The fourth-order valence-corrected chi connectivity index (χ4v) is 1.88. The van der Waals surface area contributed by atoms with Gasteiger partial charge >= 0.3 is 0 Å². The van der Waals surface area contributed by atoms with E-state index in [9.17, 15) is 0 Å². The highest BCUT2D eigenvalue weighted by Crippen LogP contribution is 2.21. The molecule has 86 valence electrons. The fraction of sp³-hybridized carbons (Fsp3) is 0.444. The molecule has 0 fully saturated rings. The second kappa shape index (κ2) is 4.13. The third-order valence-corrected chi connectivity index (χ3v) is 2.81. The van der Waals surface area contributed by atoms with Crippen molar-refractivity contribution in [2.45, 2.75) is 19.9 Å². The number of hydrogen-bond acceptors (Lipinski definition) is 4. The van der Waals surface area contributed by atoms with Crippen molar-refractivity contribution < 1.29 is 0 Å². The first kappa shape index (κ1) is 10.9. The van der Waals surface area contributed by atoms with Crippen molar-refractivity contribution in [1.29, 1.82) is 0 Å². The van der Waals surface area contributed by atoms with Crippen molar-refractivity contribution >= 4 is 17.5 Å². The van der Waals surface area contributed by atoms with Crippen molar-refractivity contribution in [1.82, 2.24) is 24.5 Å². The molecule has 6 nitrogen and oxygen atoms in total. The number of nitrogens with two attached hydrogens (primary N) is 1. The summed E-state index contributed by atoms with van der Waals surface area (Å²) in [5.74, 6) is 0.258. The quantitative estimate of drug-likeness (QED) is 0.864. The molecule has 0 amide bonds. The first-order chi connectivity index (χ1) is 7.61. The molecule has 0 atom stereocenters. The monoisotopic (exact) mass is 240 g/mol. The number of hydrogen-bond donors (Lipinski definition) is 1. The molecule has 0 radical (unpaired) electrons. The maximum atomic E-state index is 6.21. The molecule has 0 saturated heterocycles. The zero-order valence-electron chi connectivity index (χ0n) is 9.18. The SMILES string of the molecule is CCc1nn(C)c(Cn2cnc(N)n2)c1Cl. The van der Waals surface area contributed by atoms with Crippen LogP contribution in [-0.2, 0) is 20.0 Å². The first-order valence-corrected chi connectivity index (χ1v) is 5.34. The predicted molar refractivity (Wildman–Crippen MR) is 61.1 cm³/mol. The molecule has 2 aromatic rings. The second-order valence-corrected chi connectivity index (χ2v) is 3.86. The molecule has 16 heavy (non-hydrogen) atoms. The summed E-state index contributed by atoms with van der Waals surface area (Å²) in [5.41, 5.74) is 7.24. The highest BCUT2D eigenvalue weighted by Gasteiger charge is 2.13. The Hall–Kier alpha value is -1.56. The standard InChI is InChI=1S/C9H13ClN6/c1-3-6-8(10)7(15(2)13-6)4-16-5-12-9(11)14-16/h5H,3-4H2,1-2H3,(H2,11,14). The number of aryl methyl sites for hydroxylation is 2. The Kier molecular flexibility index (Phi) is 2.82. The minimum Gasteiger partial charge on any atom is -0.367 e. The van der Waals surface area contributed by atoms with Gasteiger partial charge in [-0.05, 0) is 6.42 Å². The van der Waals surface area contributed by atoms with E-state index >= 15 is 0 Å². The minimum atomic E-state index is 0.258. The summed E-state index contributed by atoms with van der Waals surface area (Å²) in [7, 11) is 1.86. The van der Waals surface area contributed by atoms with Gasteiger partial charge in [0.15, 0.2) is 0 Å². The van der Waals surface area contributed by atoms with Crippen LogP contribution in [0.25, 0.3) is 0 Å². The Morgan fingerprint density at radius 1 is 1.44 bits per heavy atom. The van der Waals surface area contributed by atoms with E-state index in [0.29, 0.717) is 11.6 Å². The van der Waals surface area contributed by atoms with Crippen LogP contribution in [0.5, 0.6) is 0 Å². The molecule has 2 heterocycles. The molecule has 0 unspecified atom stereocenters. The predicted octanol–water partition coefficient (Wildman–Crippen LogP) is 0.858. The lowest BCUT2D eigenvalue weighted by Crippen LogP contribution is -2.06. The highest BCUT2D eigenvalue weighted by atomic mass is 35.5. The van der Waals surface area contributed by atoms with Crippen LogP contribution in [-0.4, -0.2) is 24.5 Å². The average Bonchev–Trinajstić information content (AvgIpc) is 2.77. The lowest BCUT2D eigenvalue weighted by Gasteiger charge is -2.01. The van der Waals surface area contributed by atoms with Crippen LogP contribution in [0.15, 0.2) is 6.33 Å².